The molecule has 1 aliphatic carbocycles. The summed E-state index contributed by atoms with van der Waals surface area (Å²) in [6.07, 6.45) is 7.55. The van der Waals surface area contributed by atoms with Crippen molar-refractivity contribution in [1.29, 1.82) is 0 Å². The third-order valence-electron chi connectivity index (χ3n) is 2.75. The molecule has 2 unspecified atom stereocenters. The van der Waals surface area contributed by atoms with Crippen molar-refractivity contribution in [2.75, 3.05) is 13.6 Å². The van der Waals surface area contributed by atoms with Crippen LogP contribution in [-0.2, 0) is 0 Å². The van der Waals surface area contributed by atoms with Crippen LogP contribution in [-0.4, -0.2) is 25.3 Å². The van der Waals surface area contributed by atoms with Crippen molar-refractivity contribution in [2.45, 2.75) is 43.8 Å². The van der Waals surface area contributed by atoms with Crippen LogP contribution in [0.1, 0.15) is 32.1 Å². The fourth-order valence-electron chi connectivity index (χ4n) is 1.93. The molecular formula is C11H21FN2. The van der Waals surface area contributed by atoms with Crippen molar-refractivity contribution < 1.29 is 4.39 Å². The van der Waals surface area contributed by atoms with Gasteiger partial charge in [-0.25, -0.2) is 4.39 Å². The van der Waals surface area contributed by atoms with Crippen molar-refractivity contribution in [3.8, 4) is 0 Å². The van der Waals surface area contributed by atoms with E-state index in [-0.39, 0.29) is 6.04 Å². The van der Waals surface area contributed by atoms with Crippen LogP contribution < -0.4 is 11.1 Å². The molecule has 0 amide bonds. The van der Waals surface area contributed by atoms with Gasteiger partial charge in [-0.3, -0.25) is 0 Å². The second-order valence-corrected chi connectivity index (χ2v) is 4.19. The largest absolute Gasteiger partial charge is 0.328 e. The van der Waals surface area contributed by atoms with E-state index in [1.54, 1.807) is 6.08 Å². The van der Waals surface area contributed by atoms with Gasteiger partial charge in [-0.05, 0) is 39.3 Å². The summed E-state index contributed by atoms with van der Waals surface area (Å²) >= 11 is 0. The zero-order valence-corrected chi connectivity index (χ0v) is 8.93. The van der Waals surface area contributed by atoms with E-state index < -0.39 is 5.67 Å². The second kappa shape index (κ2) is 5.47. The van der Waals surface area contributed by atoms with E-state index in [9.17, 15) is 4.39 Å². The maximum absolute atomic E-state index is 14.1. The summed E-state index contributed by atoms with van der Waals surface area (Å²) in [7, 11) is 1.89. The molecule has 82 valence electrons. The van der Waals surface area contributed by atoms with E-state index in [0.29, 0.717) is 12.8 Å². The minimum absolute atomic E-state index is 0.0322. The van der Waals surface area contributed by atoms with Crippen LogP contribution in [0, 0.1) is 0 Å². The van der Waals surface area contributed by atoms with Crippen LogP contribution in [0.2, 0.25) is 0 Å². The van der Waals surface area contributed by atoms with Crippen LogP contribution in [0.15, 0.2) is 12.2 Å². The lowest BCUT2D eigenvalue weighted by atomic mass is 9.86. The predicted molar refractivity (Wildman–Crippen MR) is 58.0 cm³/mol. The van der Waals surface area contributed by atoms with Crippen LogP contribution >= 0.6 is 0 Å². The molecule has 0 fully saturated rings. The van der Waals surface area contributed by atoms with E-state index in [1.807, 2.05) is 13.1 Å². The van der Waals surface area contributed by atoms with E-state index in [4.69, 9.17) is 5.73 Å². The van der Waals surface area contributed by atoms with Crippen LogP contribution in [0.4, 0.5) is 4.39 Å². The van der Waals surface area contributed by atoms with Gasteiger partial charge >= 0.3 is 0 Å². The summed E-state index contributed by atoms with van der Waals surface area (Å²) in [4.78, 5) is 0. The zero-order valence-electron chi connectivity index (χ0n) is 8.93. The summed E-state index contributed by atoms with van der Waals surface area (Å²) in [6.45, 7) is 0.862. The summed E-state index contributed by atoms with van der Waals surface area (Å²) < 4.78 is 14.1. The Bertz CT molecular complexity index is 194. The number of alkyl halides is 1. The summed E-state index contributed by atoms with van der Waals surface area (Å²) in [6, 6.07) is -0.0322. The fourth-order valence-corrected chi connectivity index (χ4v) is 1.93. The van der Waals surface area contributed by atoms with Gasteiger partial charge in [-0.2, -0.15) is 0 Å². The smallest absolute Gasteiger partial charge is 0.130 e. The first kappa shape index (κ1) is 11.7. The number of nitrogens with two attached hydrogens (primary N) is 1. The lowest BCUT2D eigenvalue weighted by Crippen LogP contribution is -2.34. The zero-order chi connectivity index (χ0) is 10.4. The van der Waals surface area contributed by atoms with Gasteiger partial charge in [0.1, 0.15) is 5.67 Å². The first-order valence-corrected chi connectivity index (χ1v) is 5.43. The Morgan fingerprint density at radius 3 is 3.00 bits per heavy atom. The molecule has 1 rings (SSSR count). The molecule has 3 N–H and O–H groups in total. The number of halogens is 1. The Morgan fingerprint density at radius 1 is 1.64 bits per heavy atom. The average molecular weight is 200 g/mol. The molecule has 0 aromatic rings. The minimum atomic E-state index is -1.13. The standard InChI is InChI=1S/C11H21FN2/c1-14-8-5-10(13)9-11(12)6-3-2-4-7-11/h3,6,10,14H,2,4-5,7-9,13H2,1H3. The van der Waals surface area contributed by atoms with Crippen molar-refractivity contribution in [3.63, 3.8) is 0 Å². The van der Waals surface area contributed by atoms with Crippen molar-refractivity contribution >= 4 is 0 Å². The topological polar surface area (TPSA) is 38.0 Å². The normalized spacial score (nSPS) is 29.1. The third-order valence-corrected chi connectivity index (χ3v) is 2.75. The molecular weight excluding hydrogens is 179 g/mol. The molecule has 3 heteroatoms. The number of allylic oxidation sites excluding steroid dienone is 2. The third kappa shape index (κ3) is 3.76. The predicted octanol–water partition coefficient (Wildman–Crippen LogP) is 1.76. The molecule has 0 aromatic heterocycles. The lowest BCUT2D eigenvalue weighted by molar-refractivity contribution is 0.173. The monoisotopic (exact) mass is 200 g/mol. The molecule has 0 saturated heterocycles. The molecule has 0 spiro atoms. The van der Waals surface area contributed by atoms with Crippen LogP contribution in [0.5, 0.6) is 0 Å². The molecule has 2 nitrogen and oxygen atoms in total. The Balaban J connectivity index is 2.33. The van der Waals surface area contributed by atoms with Gasteiger partial charge in [-0.15, -0.1) is 0 Å². The van der Waals surface area contributed by atoms with Crippen molar-refractivity contribution in [1.82, 2.24) is 5.32 Å². The first-order valence-electron chi connectivity index (χ1n) is 5.43. The van der Waals surface area contributed by atoms with E-state index in [0.717, 1.165) is 25.8 Å². The van der Waals surface area contributed by atoms with Gasteiger partial charge in [0.2, 0.25) is 0 Å². The summed E-state index contributed by atoms with van der Waals surface area (Å²) in [5, 5.41) is 3.03. The number of hydrogen-bond donors (Lipinski definition) is 2. The van der Waals surface area contributed by atoms with E-state index in [2.05, 4.69) is 5.32 Å². The Labute approximate surface area is 85.7 Å². The van der Waals surface area contributed by atoms with Gasteiger partial charge in [0.25, 0.3) is 0 Å². The van der Waals surface area contributed by atoms with Gasteiger partial charge in [-0.1, -0.05) is 12.2 Å². The van der Waals surface area contributed by atoms with Gasteiger partial charge in [0.05, 0.1) is 0 Å². The molecule has 0 saturated carbocycles. The molecule has 0 aromatic carbocycles. The van der Waals surface area contributed by atoms with Crippen LogP contribution in [0.25, 0.3) is 0 Å². The SMILES string of the molecule is CNCCC(N)CC1(F)C=CCCC1. The van der Waals surface area contributed by atoms with E-state index in [1.165, 1.54) is 0 Å². The average Bonchev–Trinajstić information content (AvgIpc) is 2.15. The molecule has 14 heavy (non-hydrogen) atoms. The molecule has 0 heterocycles. The maximum atomic E-state index is 14.1. The number of rotatable bonds is 5. The molecule has 1 aliphatic rings. The quantitative estimate of drug-likeness (QED) is 0.664. The summed E-state index contributed by atoms with van der Waals surface area (Å²) in [5.74, 6) is 0. The Morgan fingerprint density at radius 2 is 2.43 bits per heavy atom. The first-order chi connectivity index (χ1) is 6.66. The highest BCUT2D eigenvalue weighted by molar-refractivity contribution is 5.06. The Kier molecular flexibility index (Phi) is 4.55. The minimum Gasteiger partial charge on any atom is -0.328 e. The highest BCUT2D eigenvalue weighted by Crippen LogP contribution is 2.30. The van der Waals surface area contributed by atoms with Crippen molar-refractivity contribution in [2.24, 2.45) is 5.73 Å². The second-order valence-electron chi connectivity index (χ2n) is 4.19. The van der Waals surface area contributed by atoms with E-state index >= 15 is 0 Å². The highest BCUT2D eigenvalue weighted by atomic mass is 19.1. The number of nitrogens with one attached hydrogen (secondary N) is 1. The highest BCUT2D eigenvalue weighted by Gasteiger charge is 2.29. The lowest BCUT2D eigenvalue weighted by Gasteiger charge is -2.27. The fraction of sp³-hybridized carbons (Fsp3) is 0.818. The van der Waals surface area contributed by atoms with Gasteiger partial charge < -0.3 is 11.1 Å². The molecule has 0 bridgehead atoms. The van der Waals surface area contributed by atoms with Gasteiger partial charge in [0.15, 0.2) is 0 Å². The molecule has 0 aliphatic heterocycles. The molecule has 0 radical (unpaired) electrons. The van der Waals surface area contributed by atoms with Crippen molar-refractivity contribution in [3.05, 3.63) is 12.2 Å². The molecule has 2 atom stereocenters. The van der Waals surface area contributed by atoms with Crippen LogP contribution in [0.3, 0.4) is 0 Å². The van der Waals surface area contributed by atoms with Gasteiger partial charge in [0, 0.05) is 12.5 Å². The number of hydrogen-bond acceptors (Lipinski definition) is 2. The Hall–Kier alpha value is -0.410. The maximum Gasteiger partial charge on any atom is 0.130 e. The summed E-state index contributed by atoms with van der Waals surface area (Å²) in [5.41, 5.74) is 4.73.